The molecule has 0 saturated carbocycles. The zero-order chi connectivity index (χ0) is 17.4. The van der Waals surface area contributed by atoms with Crippen molar-refractivity contribution in [2.24, 2.45) is 0 Å². The maximum absolute atomic E-state index is 12.5. The van der Waals surface area contributed by atoms with Gasteiger partial charge in [-0.2, -0.15) is 0 Å². The number of hydrogen-bond acceptors (Lipinski definition) is 3. The molecule has 3 aromatic carbocycles. The summed E-state index contributed by atoms with van der Waals surface area (Å²) in [5.74, 6) is -0.495. The first-order chi connectivity index (χ1) is 12.1. The molecule has 1 heterocycles. The molecular weight excluding hydrogens is 382 g/mol. The largest absolute Gasteiger partial charge is 0.422 e. The number of anilines is 1. The fourth-order valence-electron chi connectivity index (χ4n) is 2.72. The number of carbonyl (C=O) groups is 1. The van der Waals surface area contributed by atoms with E-state index >= 15 is 0 Å². The number of rotatable bonds is 2. The molecule has 0 fully saturated rings. The molecule has 0 aliphatic carbocycles. The van der Waals surface area contributed by atoms with Gasteiger partial charge in [0.2, 0.25) is 0 Å². The van der Waals surface area contributed by atoms with E-state index in [4.69, 9.17) is 4.42 Å². The number of fused-ring (bicyclic) bond motifs is 2. The van der Waals surface area contributed by atoms with Gasteiger partial charge in [0.25, 0.3) is 5.91 Å². The summed E-state index contributed by atoms with van der Waals surface area (Å²) in [6, 6.07) is 20.3. The minimum atomic E-state index is -0.659. The molecule has 0 aliphatic heterocycles. The SMILES string of the molecule is O=C(Nc1ccc2ccccc2c1)c1cc2cc(Br)ccc2oc1=O. The van der Waals surface area contributed by atoms with E-state index in [2.05, 4.69) is 21.2 Å². The standard InChI is InChI=1S/C20H12BrNO3/c21-15-6-8-18-14(9-15)11-17(20(24)25-18)19(23)22-16-7-5-12-3-1-2-4-13(12)10-16/h1-11H,(H,22,23). The number of carbonyl (C=O) groups excluding carboxylic acids is 1. The molecule has 4 aromatic rings. The molecule has 122 valence electrons. The highest BCUT2D eigenvalue weighted by Crippen LogP contribution is 2.21. The second kappa shape index (κ2) is 6.18. The lowest BCUT2D eigenvalue weighted by molar-refractivity contribution is 0.102. The minimum Gasteiger partial charge on any atom is -0.422 e. The first-order valence-corrected chi connectivity index (χ1v) is 8.43. The van der Waals surface area contributed by atoms with Crippen LogP contribution in [0.4, 0.5) is 5.69 Å². The first-order valence-electron chi connectivity index (χ1n) is 7.64. The van der Waals surface area contributed by atoms with Gasteiger partial charge in [-0.15, -0.1) is 0 Å². The van der Waals surface area contributed by atoms with Crippen LogP contribution in [-0.4, -0.2) is 5.91 Å². The van der Waals surface area contributed by atoms with Crippen molar-refractivity contribution in [1.29, 1.82) is 0 Å². The van der Waals surface area contributed by atoms with Crippen LogP contribution in [0.25, 0.3) is 21.7 Å². The summed E-state index contributed by atoms with van der Waals surface area (Å²) in [6.45, 7) is 0. The van der Waals surface area contributed by atoms with Crippen LogP contribution < -0.4 is 10.9 Å². The van der Waals surface area contributed by atoms with Crippen molar-refractivity contribution in [2.45, 2.75) is 0 Å². The molecule has 0 saturated heterocycles. The molecule has 0 radical (unpaired) electrons. The van der Waals surface area contributed by atoms with E-state index in [1.54, 1.807) is 30.3 Å². The Bertz CT molecular complexity index is 1180. The summed E-state index contributed by atoms with van der Waals surface area (Å²) in [6.07, 6.45) is 0. The molecule has 4 nitrogen and oxygen atoms in total. The quantitative estimate of drug-likeness (QED) is 0.489. The van der Waals surface area contributed by atoms with Crippen molar-refractivity contribution in [1.82, 2.24) is 0 Å². The zero-order valence-electron chi connectivity index (χ0n) is 13.0. The molecule has 1 aromatic heterocycles. The molecule has 0 unspecified atom stereocenters. The molecule has 0 bridgehead atoms. The van der Waals surface area contributed by atoms with E-state index < -0.39 is 11.5 Å². The number of hydrogen-bond donors (Lipinski definition) is 1. The van der Waals surface area contributed by atoms with Crippen molar-refractivity contribution in [2.75, 3.05) is 5.32 Å². The third kappa shape index (κ3) is 3.06. The fourth-order valence-corrected chi connectivity index (χ4v) is 3.10. The normalized spacial score (nSPS) is 10.9. The predicted octanol–water partition coefficient (Wildman–Crippen LogP) is 4.96. The lowest BCUT2D eigenvalue weighted by Crippen LogP contribution is -2.20. The minimum absolute atomic E-state index is 0.0289. The summed E-state index contributed by atoms with van der Waals surface area (Å²) >= 11 is 3.37. The highest BCUT2D eigenvalue weighted by atomic mass is 79.9. The van der Waals surface area contributed by atoms with Gasteiger partial charge >= 0.3 is 5.63 Å². The monoisotopic (exact) mass is 393 g/mol. The molecule has 4 rings (SSSR count). The second-order valence-electron chi connectivity index (χ2n) is 5.65. The van der Waals surface area contributed by atoms with Gasteiger partial charge in [-0.1, -0.05) is 46.3 Å². The van der Waals surface area contributed by atoms with Crippen LogP contribution in [0.1, 0.15) is 10.4 Å². The van der Waals surface area contributed by atoms with Crippen LogP contribution in [0.15, 0.2) is 80.4 Å². The van der Waals surface area contributed by atoms with Crippen molar-refractivity contribution in [3.05, 3.63) is 87.2 Å². The van der Waals surface area contributed by atoms with Crippen LogP contribution in [0.2, 0.25) is 0 Å². The van der Waals surface area contributed by atoms with Gasteiger partial charge in [-0.05, 0) is 47.2 Å². The number of nitrogens with one attached hydrogen (secondary N) is 1. The van der Waals surface area contributed by atoms with E-state index in [0.717, 1.165) is 15.2 Å². The average Bonchev–Trinajstić information content (AvgIpc) is 2.61. The highest BCUT2D eigenvalue weighted by Gasteiger charge is 2.14. The number of benzene rings is 3. The van der Waals surface area contributed by atoms with Gasteiger partial charge in [0.1, 0.15) is 11.1 Å². The van der Waals surface area contributed by atoms with E-state index in [0.29, 0.717) is 16.7 Å². The Morgan fingerprint density at radius 3 is 2.52 bits per heavy atom. The molecule has 0 aliphatic rings. The van der Waals surface area contributed by atoms with Gasteiger partial charge in [-0.25, -0.2) is 4.79 Å². The molecule has 0 atom stereocenters. The van der Waals surface area contributed by atoms with Crippen molar-refractivity contribution < 1.29 is 9.21 Å². The van der Waals surface area contributed by atoms with Crippen molar-refractivity contribution in [3.8, 4) is 0 Å². The van der Waals surface area contributed by atoms with Crippen LogP contribution in [0.5, 0.6) is 0 Å². The summed E-state index contributed by atoms with van der Waals surface area (Å²) < 4.78 is 6.08. The molecule has 1 N–H and O–H groups in total. The lowest BCUT2D eigenvalue weighted by Gasteiger charge is -2.07. The topological polar surface area (TPSA) is 59.3 Å². The first kappa shape index (κ1) is 15.6. The third-order valence-electron chi connectivity index (χ3n) is 3.95. The molecular formula is C20H12BrNO3. The number of halogens is 1. The van der Waals surface area contributed by atoms with Gasteiger partial charge < -0.3 is 9.73 Å². The third-order valence-corrected chi connectivity index (χ3v) is 4.44. The van der Waals surface area contributed by atoms with Gasteiger partial charge in [0.15, 0.2) is 0 Å². The second-order valence-corrected chi connectivity index (χ2v) is 6.56. The Balaban J connectivity index is 1.71. The van der Waals surface area contributed by atoms with Gasteiger partial charge in [-0.3, -0.25) is 4.79 Å². The van der Waals surface area contributed by atoms with Crippen LogP contribution in [0.3, 0.4) is 0 Å². The maximum Gasteiger partial charge on any atom is 0.349 e. The maximum atomic E-state index is 12.5. The summed E-state index contributed by atoms with van der Waals surface area (Å²) in [7, 11) is 0. The fraction of sp³-hybridized carbons (Fsp3) is 0. The smallest absolute Gasteiger partial charge is 0.349 e. The highest BCUT2D eigenvalue weighted by molar-refractivity contribution is 9.10. The predicted molar refractivity (Wildman–Crippen MR) is 102 cm³/mol. The molecule has 1 amide bonds. The van der Waals surface area contributed by atoms with E-state index in [9.17, 15) is 9.59 Å². The average molecular weight is 394 g/mol. The van der Waals surface area contributed by atoms with Crippen LogP contribution in [0, 0.1) is 0 Å². The van der Waals surface area contributed by atoms with Crippen LogP contribution in [-0.2, 0) is 0 Å². The zero-order valence-corrected chi connectivity index (χ0v) is 14.5. The Morgan fingerprint density at radius 2 is 1.68 bits per heavy atom. The lowest BCUT2D eigenvalue weighted by atomic mass is 10.1. The van der Waals surface area contributed by atoms with Crippen molar-refractivity contribution >= 4 is 49.3 Å². The molecule has 0 spiro atoms. The van der Waals surface area contributed by atoms with E-state index in [1.165, 1.54) is 0 Å². The van der Waals surface area contributed by atoms with Crippen molar-refractivity contribution in [3.63, 3.8) is 0 Å². The van der Waals surface area contributed by atoms with E-state index in [1.807, 2.05) is 36.4 Å². The van der Waals surface area contributed by atoms with Crippen LogP contribution >= 0.6 is 15.9 Å². The Morgan fingerprint density at radius 1 is 0.880 bits per heavy atom. The van der Waals surface area contributed by atoms with E-state index in [-0.39, 0.29) is 5.56 Å². The summed E-state index contributed by atoms with van der Waals surface area (Å²) in [4.78, 5) is 24.6. The Hall–Kier alpha value is -2.92. The van der Waals surface area contributed by atoms with Gasteiger partial charge in [0.05, 0.1) is 0 Å². The molecule has 25 heavy (non-hydrogen) atoms. The Kier molecular flexibility index (Phi) is 3.86. The number of amides is 1. The summed E-state index contributed by atoms with van der Waals surface area (Å²) in [5, 5.41) is 5.53. The Labute approximate surface area is 151 Å². The molecule has 5 heteroatoms. The summed E-state index contributed by atoms with van der Waals surface area (Å²) in [5.41, 5.74) is 0.375. The van der Waals surface area contributed by atoms with Gasteiger partial charge in [0, 0.05) is 15.5 Å².